The zero-order valence-corrected chi connectivity index (χ0v) is 20.1. The molecule has 0 aromatic heterocycles. The lowest BCUT2D eigenvalue weighted by atomic mass is 9.78. The summed E-state index contributed by atoms with van der Waals surface area (Å²) in [4.78, 5) is 11.1. The van der Waals surface area contributed by atoms with E-state index in [9.17, 15) is 4.79 Å². The molecule has 3 aromatic rings. The standard InChI is InChI=1S/C30H32O4/c1-30-26(27(30)17-20-15-24(33-2)18-25(16-20)34-3)14-13-22-6-4-5-21(28(22)30)10-7-19-8-11-23(12-9-19)29(31)32/h4-6,8-9,11-12,15-16,18,26-27H,7,10,13-14,17H2,1-3H3,(H,31,32). The van der Waals surface area contributed by atoms with Gasteiger partial charge >= 0.3 is 5.97 Å². The minimum Gasteiger partial charge on any atom is -0.497 e. The van der Waals surface area contributed by atoms with Crippen LogP contribution in [0.1, 0.15) is 51.5 Å². The topological polar surface area (TPSA) is 55.8 Å². The Hall–Kier alpha value is -3.27. The Morgan fingerprint density at radius 2 is 1.68 bits per heavy atom. The van der Waals surface area contributed by atoms with Gasteiger partial charge < -0.3 is 14.6 Å². The monoisotopic (exact) mass is 456 g/mol. The predicted molar refractivity (Wildman–Crippen MR) is 133 cm³/mol. The van der Waals surface area contributed by atoms with Crippen molar-refractivity contribution in [2.75, 3.05) is 14.2 Å². The second kappa shape index (κ2) is 8.83. The normalized spacial score (nSPS) is 22.4. The molecular weight excluding hydrogens is 424 g/mol. The molecule has 0 aliphatic heterocycles. The van der Waals surface area contributed by atoms with Crippen molar-refractivity contribution < 1.29 is 19.4 Å². The molecule has 0 heterocycles. The second-order valence-electron chi connectivity index (χ2n) is 9.91. The van der Waals surface area contributed by atoms with Gasteiger partial charge in [0.2, 0.25) is 0 Å². The number of aryl methyl sites for hydroxylation is 3. The number of ether oxygens (including phenoxy) is 2. The number of carbonyl (C=O) groups is 1. The molecule has 34 heavy (non-hydrogen) atoms. The Balaban J connectivity index is 1.38. The molecule has 5 rings (SSSR count). The highest BCUT2D eigenvalue weighted by atomic mass is 16.5. The predicted octanol–water partition coefficient (Wildman–Crippen LogP) is 5.88. The lowest BCUT2D eigenvalue weighted by Crippen LogP contribution is -2.18. The summed E-state index contributed by atoms with van der Waals surface area (Å²) in [5.74, 6) is 2.13. The Kier molecular flexibility index (Phi) is 5.85. The molecule has 2 aliphatic rings. The van der Waals surface area contributed by atoms with Crippen LogP contribution in [0.3, 0.4) is 0 Å². The van der Waals surface area contributed by atoms with Crippen LogP contribution in [-0.2, 0) is 31.1 Å². The van der Waals surface area contributed by atoms with E-state index in [1.807, 2.05) is 18.2 Å². The number of fused-ring (bicyclic) bond motifs is 3. The number of carboxylic acid groups (broad SMARTS) is 1. The average Bonchev–Trinajstić information content (AvgIpc) is 3.45. The van der Waals surface area contributed by atoms with Gasteiger partial charge in [0.25, 0.3) is 0 Å². The van der Waals surface area contributed by atoms with E-state index in [4.69, 9.17) is 14.6 Å². The maximum Gasteiger partial charge on any atom is 0.335 e. The van der Waals surface area contributed by atoms with Crippen LogP contribution in [0.25, 0.3) is 0 Å². The summed E-state index contributed by atoms with van der Waals surface area (Å²) in [6.07, 6.45) is 5.30. The molecule has 0 amide bonds. The third kappa shape index (κ3) is 3.96. The number of hydrogen-bond acceptors (Lipinski definition) is 3. The summed E-state index contributed by atoms with van der Waals surface area (Å²) >= 11 is 0. The molecule has 2 aliphatic carbocycles. The molecule has 1 saturated carbocycles. The number of hydrogen-bond donors (Lipinski definition) is 1. The first kappa shape index (κ1) is 22.5. The molecule has 3 unspecified atom stereocenters. The fourth-order valence-corrected chi connectivity index (χ4v) is 6.33. The zero-order valence-electron chi connectivity index (χ0n) is 20.1. The van der Waals surface area contributed by atoms with Crippen LogP contribution in [0, 0.1) is 11.8 Å². The van der Waals surface area contributed by atoms with Crippen molar-refractivity contribution in [3.63, 3.8) is 0 Å². The van der Waals surface area contributed by atoms with Crippen molar-refractivity contribution in [3.05, 3.63) is 94.0 Å². The van der Waals surface area contributed by atoms with Gasteiger partial charge in [0.05, 0.1) is 19.8 Å². The number of methoxy groups -OCH3 is 2. The molecule has 0 radical (unpaired) electrons. The van der Waals surface area contributed by atoms with Crippen LogP contribution in [0.15, 0.2) is 60.7 Å². The van der Waals surface area contributed by atoms with Gasteiger partial charge in [0, 0.05) is 6.07 Å². The van der Waals surface area contributed by atoms with E-state index in [-0.39, 0.29) is 5.41 Å². The molecule has 3 atom stereocenters. The van der Waals surface area contributed by atoms with E-state index in [0.717, 1.165) is 37.2 Å². The maximum atomic E-state index is 11.1. The van der Waals surface area contributed by atoms with Crippen LogP contribution in [0.5, 0.6) is 11.5 Å². The van der Waals surface area contributed by atoms with E-state index >= 15 is 0 Å². The highest BCUT2D eigenvalue weighted by molar-refractivity contribution is 5.87. The molecule has 4 nitrogen and oxygen atoms in total. The number of carboxylic acids is 1. The minimum atomic E-state index is -0.879. The van der Waals surface area contributed by atoms with Crippen molar-refractivity contribution in [1.29, 1.82) is 0 Å². The van der Waals surface area contributed by atoms with E-state index in [1.54, 1.807) is 31.9 Å². The van der Waals surface area contributed by atoms with Crippen LogP contribution in [0.4, 0.5) is 0 Å². The van der Waals surface area contributed by atoms with Crippen LogP contribution >= 0.6 is 0 Å². The second-order valence-corrected chi connectivity index (χ2v) is 9.91. The quantitative estimate of drug-likeness (QED) is 0.460. The van der Waals surface area contributed by atoms with Crippen molar-refractivity contribution in [2.24, 2.45) is 11.8 Å². The lowest BCUT2D eigenvalue weighted by molar-refractivity contribution is 0.0697. The van der Waals surface area contributed by atoms with Crippen molar-refractivity contribution in [1.82, 2.24) is 0 Å². The molecular formula is C30H32O4. The number of rotatable bonds is 8. The summed E-state index contributed by atoms with van der Waals surface area (Å²) in [7, 11) is 3.41. The Labute approximate surface area is 201 Å². The lowest BCUT2D eigenvalue weighted by Gasteiger charge is -2.26. The summed E-state index contributed by atoms with van der Waals surface area (Å²) in [5.41, 5.74) is 7.50. The summed E-state index contributed by atoms with van der Waals surface area (Å²) in [6.45, 7) is 2.46. The van der Waals surface area contributed by atoms with Gasteiger partial charge in [-0.2, -0.15) is 0 Å². The number of aromatic carboxylic acids is 1. The van der Waals surface area contributed by atoms with E-state index < -0.39 is 5.97 Å². The Morgan fingerprint density at radius 1 is 0.971 bits per heavy atom. The largest absolute Gasteiger partial charge is 0.497 e. The Bertz CT molecular complexity index is 1190. The minimum absolute atomic E-state index is 0.202. The van der Waals surface area contributed by atoms with Crippen LogP contribution in [-0.4, -0.2) is 25.3 Å². The molecule has 0 spiro atoms. The highest BCUT2D eigenvalue weighted by Gasteiger charge is 2.63. The first-order chi connectivity index (χ1) is 16.4. The molecule has 0 saturated heterocycles. The Morgan fingerprint density at radius 3 is 2.32 bits per heavy atom. The van der Waals surface area contributed by atoms with Gasteiger partial charge in [0.15, 0.2) is 0 Å². The maximum absolute atomic E-state index is 11.1. The van der Waals surface area contributed by atoms with Gasteiger partial charge in [-0.25, -0.2) is 4.79 Å². The zero-order chi connectivity index (χ0) is 23.9. The fraction of sp³-hybridized carbons (Fsp3) is 0.367. The fourth-order valence-electron chi connectivity index (χ4n) is 6.33. The van der Waals surface area contributed by atoms with Crippen LogP contribution < -0.4 is 9.47 Å². The van der Waals surface area contributed by atoms with Gasteiger partial charge in [-0.05, 0) is 101 Å². The molecule has 4 heteroatoms. The van der Waals surface area contributed by atoms with Crippen molar-refractivity contribution in [3.8, 4) is 11.5 Å². The molecule has 1 fully saturated rings. The molecule has 176 valence electrons. The van der Waals surface area contributed by atoms with Gasteiger partial charge in [0.1, 0.15) is 11.5 Å². The van der Waals surface area contributed by atoms with E-state index in [1.165, 1.54) is 28.7 Å². The molecule has 0 bridgehead atoms. The smallest absolute Gasteiger partial charge is 0.335 e. The highest BCUT2D eigenvalue weighted by Crippen LogP contribution is 2.66. The first-order valence-corrected chi connectivity index (χ1v) is 12.1. The summed E-state index contributed by atoms with van der Waals surface area (Å²) in [6, 6.07) is 20.3. The van der Waals surface area contributed by atoms with Crippen LogP contribution in [0.2, 0.25) is 0 Å². The first-order valence-electron chi connectivity index (χ1n) is 12.1. The summed E-state index contributed by atoms with van der Waals surface area (Å²) < 4.78 is 11.0. The third-order valence-electron chi connectivity index (χ3n) is 8.17. The van der Waals surface area contributed by atoms with Gasteiger partial charge in [-0.1, -0.05) is 37.3 Å². The average molecular weight is 457 g/mol. The van der Waals surface area contributed by atoms with E-state index in [2.05, 4.69) is 37.3 Å². The van der Waals surface area contributed by atoms with Gasteiger partial charge in [-0.3, -0.25) is 0 Å². The summed E-state index contributed by atoms with van der Waals surface area (Å²) in [5, 5.41) is 9.15. The van der Waals surface area contributed by atoms with Gasteiger partial charge in [-0.15, -0.1) is 0 Å². The van der Waals surface area contributed by atoms with Crippen molar-refractivity contribution >= 4 is 5.97 Å². The molecule has 3 aromatic carbocycles. The van der Waals surface area contributed by atoms with Crippen molar-refractivity contribution in [2.45, 2.75) is 44.4 Å². The van der Waals surface area contributed by atoms with E-state index in [0.29, 0.717) is 17.4 Å². The number of benzene rings is 3. The molecule has 1 N–H and O–H groups in total. The third-order valence-corrected chi connectivity index (χ3v) is 8.17. The SMILES string of the molecule is COc1cc(CC2C3CCc4cccc(CCc5ccc(C(=O)O)cc5)c4C32C)cc(OC)c1.